The van der Waals surface area contributed by atoms with Gasteiger partial charge in [-0.25, -0.2) is 0 Å². The number of hydrogen-bond donors (Lipinski definition) is 0. The molecule has 0 heterocycles. The molecular formula is C18H42. The minimum absolute atomic E-state index is 0.801. The molecule has 114 valence electrons. The second-order valence-electron chi connectivity index (χ2n) is 4.40. The molecule has 0 spiro atoms. The summed E-state index contributed by atoms with van der Waals surface area (Å²) in [6, 6.07) is 0. The fourth-order valence-electron chi connectivity index (χ4n) is 1.28. The third-order valence-electron chi connectivity index (χ3n) is 2.29. The van der Waals surface area contributed by atoms with Crippen molar-refractivity contribution in [3.63, 3.8) is 0 Å². The standard InChI is InChI=1S/C10H20.2C3H8.C2H6/c1-5-8-10(7-3)9(4)6-2;2*1-3-2;1-2/h5,8-10H,6-7H2,1-4H3;2*3H2,1-2H3;1-2H3/b8-5-;;;. The summed E-state index contributed by atoms with van der Waals surface area (Å²) >= 11 is 0. The molecule has 18 heavy (non-hydrogen) atoms. The summed E-state index contributed by atoms with van der Waals surface area (Å²) in [7, 11) is 0. The maximum absolute atomic E-state index is 2.33. The predicted molar refractivity (Wildman–Crippen MR) is 91.3 cm³/mol. The lowest BCUT2D eigenvalue weighted by Crippen LogP contribution is -2.06. The van der Waals surface area contributed by atoms with Crippen molar-refractivity contribution in [1.82, 2.24) is 0 Å². The van der Waals surface area contributed by atoms with Crippen LogP contribution in [0, 0.1) is 11.8 Å². The van der Waals surface area contributed by atoms with Crippen LogP contribution in [0.15, 0.2) is 12.2 Å². The van der Waals surface area contributed by atoms with Gasteiger partial charge in [0.15, 0.2) is 0 Å². The SMILES string of the molecule is C/C=C\C(CC)C(C)CC.CC.CCC.CCC. The van der Waals surface area contributed by atoms with E-state index < -0.39 is 0 Å². The average Bonchev–Trinajstić information content (AvgIpc) is 2.39. The lowest BCUT2D eigenvalue weighted by atomic mass is 9.89. The molecule has 2 atom stereocenters. The Kier molecular flexibility index (Phi) is 44.0. The molecule has 0 aliphatic rings. The van der Waals surface area contributed by atoms with Crippen LogP contribution in [0.5, 0.6) is 0 Å². The van der Waals surface area contributed by atoms with Gasteiger partial charge in [0, 0.05) is 0 Å². The molecule has 0 fully saturated rings. The van der Waals surface area contributed by atoms with Gasteiger partial charge in [0.2, 0.25) is 0 Å². The molecule has 0 aromatic carbocycles. The van der Waals surface area contributed by atoms with Crippen LogP contribution < -0.4 is 0 Å². The Balaban J connectivity index is -0.000000102. The quantitative estimate of drug-likeness (QED) is 0.458. The van der Waals surface area contributed by atoms with Crippen LogP contribution in [0.4, 0.5) is 0 Å². The smallest absolute Gasteiger partial charge is 0.0211 e. The molecular weight excluding hydrogens is 216 g/mol. The zero-order valence-corrected chi connectivity index (χ0v) is 15.1. The van der Waals surface area contributed by atoms with Crippen LogP contribution in [-0.4, -0.2) is 0 Å². The van der Waals surface area contributed by atoms with E-state index in [0.29, 0.717) is 0 Å². The predicted octanol–water partition coefficient (Wildman–Crippen LogP) is 7.49. The van der Waals surface area contributed by atoms with Crippen molar-refractivity contribution in [1.29, 1.82) is 0 Å². The first kappa shape index (κ1) is 26.3. The molecule has 0 aromatic heterocycles. The molecule has 0 saturated heterocycles. The van der Waals surface area contributed by atoms with E-state index in [1.165, 1.54) is 25.7 Å². The van der Waals surface area contributed by atoms with Crippen molar-refractivity contribution in [3.05, 3.63) is 12.2 Å². The van der Waals surface area contributed by atoms with Gasteiger partial charge in [-0.15, -0.1) is 0 Å². The molecule has 0 radical (unpaired) electrons. The van der Waals surface area contributed by atoms with Gasteiger partial charge in [-0.1, -0.05) is 93.7 Å². The van der Waals surface area contributed by atoms with Gasteiger partial charge in [0.05, 0.1) is 0 Å². The number of allylic oxidation sites excluding steroid dienone is 2. The minimum atomic E-state index is 0.801. The molecule has 2 unspecified atom stereocenters. The highest BCUT2D eigenvalue weighted by Gasteiger charge is 2.08. The molecule has 0 aliphatic heterocycles. The normalized spacial score (nSPS) is 12.1. The topological polar surface area (TPSA) is 0 Å². The highest BCUT2D eigenvalue weighted by Crippen LogP contribution is 2.19. The van der Waals surface area contributed by atoms with Crippen LogP contribution >= 0.6 is 0 Å². The molecule has 0 bridgehead atoms. The zero-order chi connectivity index (χ0) is 15.4. The molecule has 0 aliphatic carbocycles. The lowest BCUT2D eigenvalue weighted by molar-refractivity contribution is 0.406. The first-order valence-electron chi connectivity index (χ1n) is 8.21. The summed E-state index contributed by atoms with van der Waals surface area (Å²) in [5.74, 6) is 1.65. The highest BCUT2D eigenvalue weighted by atomic mass is 14.1. The molecule has 0 rings (SSSR count). The van der Waals surface area contributed by atoms with Crippen LogP contribution in [0.3, 0.4) is 0 Å². The first-order chi connectivity index (χ1) is 8.59. The molecule has 0 N–H and O–H groups in total. The Hall–Kier alpha value is -0.260. The van der Waals surface area contributed by atoms with E-state index in [4.69, 9.17) is 0 Å². The van der Waals surface area contributed by atoms with Crippen molar-refractivity contribution in [2.75, 3.05) is 0 Å². The third kappa shape index (κ3) is 29.6. The lowest BCUT2D eigenvalue weighted by Gasteiger charge is -2.16. The van der Waals surface area contributed by atoms with Crippen LogP contribution in [-0.2, 0) is 0 Å². The number of rotatable bonds is 4. The van der Waals surface area contributed by atoms with Gasteiger partial charge in [0.1, 0.15) is 0 Å². The fraction of sp³-hybridized carbons (Fsp3) is 0.889. The van der Waals surface area contributed by atoms with E-state index in [9.17, 15) is 0 Å². The minimum Gasteiger partial charge on any atom is -0.0914 e. The van der Waals surface area contributed by atoms with Crippen molar-refractivity contribution in [3.8, 4) is 0 Å². The van der Waals surface area contributed by atoms with Gasteiger partial charge in [-0.05, 0) is 25.2 Å². The summed E-state index contributed by atoms with van der Waals surface area (Å²) in [6.45, 7) is 21.5. The largest absolute Gasteiger partial charge is 0.0914 e. The van der Waals surface area contributed by atoms with E-state index in [-0.39, 0.29) is 0 Å². The van der Waals surface area contributed by atoms with E-state index in [0.717, 1.165) is 11.8 Å². The Morgan fingerprint density at radius 1 is 0.778 bits per heavy atom. The third-order valence-corrected chi connectivity index (χ3v) is 2.29. The van der Waals surface area contributed by atoms with Crippen LogP contribution in [0.25, 0.3) is 0 Å². The van der Waals surface area contributed by atoms with E-state index in [2.05, 4.69) is 67.5 Å². The Morgan fingerprint density at radius 2 is 1.11 bits per heavy atom. The summed E-state index contributed by atoms with van der Waals surface area (Å²) in [6.07, 6.45) is 9.57. The highest BCUT2D eigenvalue weighted by molar-refractivity contribution is 4.87. The Labute approximate surface area is 119 Å². The van der Waals surface area contributed by atoms with Gasteiger partial charge < -0.3 is 0 Å². The monoisotopic (exact) mass is 258 g/mol. The van der Waals surface area contributed by atoms with E-state index in [1.54, 1.807) is 0 Å². The first-order valence-corrected chi connectivity index (χ1v) is 8.21. The molecule has 0 amide bonds. The second kappa shape index (κ2) is 30.1. The maximum Gasteiger partial charge on any atom is -0.0211 e. The molecule has 0 aromatic rings. The van der Waals surface area contributed by atoms with Gasteiger partial charge in [-0.3, -0.25) is 0 Å². The van der Waals surface area contributed by atoms with E-state index in [1.807, 2.05) is 13.8 Å². The summed E-state index contributed by atoms with van der Waals surface area (Å²) < 4.78 is 0. The summed E-state index contributed by atoms with van der Waals surface area (Å²) in [5.41, 5.74) is 0. The zero-order valence-electron chi connectivity index (χ0n) is 15.1. The fourth-order valence-corrected chi connectivity index (χ4v) is 1.28. The van der Waals surface area contributed by atoms with Gasteiger partial charge in [-0.2, -0.15) is 0 Å². The summed E-state index contributed by atoms with van der Waals surface area (Å²) in [4.78, 5) is 0. The number of hydrogen-bond acceptors (Lipinski definition) is 0. The Bertz CT molecular complexity index is 111. The summed E-state index contributed by atoms with van der Waals surface area (Å²) in [5, 5.41) is 0. The molecule has 0 saturated carbocycles. The van der Waals surface area contributed by atoms with Crippen molar-refractivity contribution < 1.29 is 0 Å². The van der Waals surface area contributed by atoms with Crippen LogP contribution in [0.2, 0.25) is 0 Å². The average molecular weight is 259 g/mol. The molecule has 0 heteroatoms. The van der Waals surface area contributed by atoms with Crippen molar-refractivity contribution in [2.24, 2.45) is 11.8 Å². The van der Waals surface area contributed by atoms with E-state index >= 15 is 0 Å². The Morgan fingerprint density at radius 3 is 1.28 bits per heavy atom. The van der Waals surface area contributed by atoms with Crippen LogP contribution in [0.1, 0.15) is 94.9 Å². The van der Waals surface area contributed by atoms with Crippen molar-refractivity contribution in [2.45, 2.75) is 94.9 Å². The van der Waals surface area contributed by atoms with Gasteiger partial charge in [0.25, 0.3) is 0 Å². The van der Waals surface area contributed by atoms with Gasteiger partial charge >= 0.3 is 0 Å². The van der Waals surface area contributed by atoms with Crippen molar-refractivity contribution >= 4 is 0 Å². The maximum atomic E-state index is 2.33. The second-order valence-corrected chi connectivity index (χ2v) is 4.40. The molecule has 0 nitrogen and oxygen atoms in total.